The van der Waals surface area contributed by atoms with Crippen LogP contribution in [0.1, 0.15) is 31.4 Å². The van der Waals surface area contributed by atoms with Gasteiger partial charge in [0.15, 0.2) is 0 Å². The molecule has 0 saturated heterocycles. The van der Waals surface area contributed by atoms with Crippen molar-refractivity contribution in [3.63, 3.8) is 0 Å². The fraction of sp³-hybridized carbons (Fsp3) is 0.538. The molecule has 0 amide bonds. The van der Waals surface area contributed by atoms with Gasteiger partial charge in [-0.15, -0.1) is 0 Å². The second-order valence-corrected chi connectivity index (χ2v) is 6.65. The van der Waals surface area contributed by atoms with Crippen molar-refractivity contribution >= 4 is 10.0 Å². The largest absolute Gasteiger partial charge is 0.392 e. The number of hydrogen-bond donors (Lipinski definition) is 1. The van der Waals surface area contributed by atoms with Crippen LogP contribution in [0.15, 0.2) is 17.0 Å². The summed E-state index contributed by atoms with van der Waals surface area (Å²) in [7, 11) is -2.17. The molecule has 1 N–H and O–H groups in total. The molecule has 0 spiro atoms. The lowest BCUT2D eigenvalue weighted by Crippen LogP contribution is -2.34. The van der Waals surface area contributed by atoms with E-state index >= 15 is 0 Å². The molecule has 19 heavy (non-hydrogen) atoms. The van der Waals surface area contributed by atoms with E-state index in [1.807, 2.05) is 6.92 Å². The van der Waals surface area contributed by atoms with Gasteiger partial charge in [-0.2, -0.15) is 4.31 Å². The van der Waals surface area contributed by atoms with Crippen LogP contribution >= 0.6 is 0 Å². The third-order valence-electron chi connectivity index (χ3n) is 3.36. The minimum Gasteiger partial charge on any atom is -0.392 e. The third kappa shape index (κ3) is 3.13. The lowest BCUT2D eigenvalue weighted by atomic mass is 10.1. The summed E-state index contributed by atoms with van der Waals surface area (Å²) in [6, 6.07) is 2.34. The number of aryl methyl sites for hydroxylation is 1. The van der Waals surface area contributed by atoms with Crippen molar-refractivity contribution in [1.29, 1.82) is 0 Å². The molecule has 0 aliphatic carbocycles. The summed E-state index contributed by atoms with van der Waals surface area (Å²) in [5.74, 6) is -0.562. The molecule has 0 aromatic heterocycles. The number of nitrogens with zero attached hydrogens (tertiary/aromatic N) is 1. The van der Waals surface area contributed by atoms with Gasteiger partial charge in [0.25, 0.3) is 0 Å². The molecule has 0 bridgehead atoms. The molecule has 0 aliphatic heterocycles. The lowest BCUT2D eigenvalue weighted by molar-refractivity contribution is 0.275. The van der Waals surface area contributed by atoms with E-state index in [2.05, 4.69) is 0 Å². The van der Waals surface area contributed by atoms with Crippen molar-refractivity contribution in [1.82, 2.24) is 4.31 Å². The molecule has 1 rings (SSSR count). The maximum Gasteiger partial charge on any atom is 0.243 e. The van der Waals surface area contributed by atoms with E-state index in [1.54, 1.807) is 6.92 Å². The summed E-state index contributed by atoms with van der Waals surface area (Å²) in [4.78, 5) is 0.0123. The van der Waals surface area contributed by atoms with E-state index in [0.717, 1.165) is 0 Å². The Bertz CT molecular complexity index is 557. The molecule has 0 radical (unpaired) electrons. The second kappa shape index (κ2) is 5.98. The number of benzene rings is 1. The normalized spacial score (nSPS) is 13.8. The van der Waals surface area contributed by atoms with Crippen LogP contribution in [0.4, 0.5) is 4.39 Å². The average Bonchev–Trinajstić information content (AvgIpc) is 2.39. The van der Waals surface area contributed by atoms with E-state index in [1.165, 1.54) is 30.4 Å². The highest BCUT2D eigenvalue weighted by Crippen LogP contribution is 2.23. The third-order valence-corrected chi connectivity index (χ3v) is 5.31. The second-order valence-electron chi connectivity index (χ2n) is 4.65. The Hall–Kier alpha value is -0.980. The van der Waals surface area contributed by atoms with Crippen molar-refractivity contribution in [3.05, 3.63) is 29.1 Å². The van der Waals surface area contributed by atoms with Crippen LogP contribution in [0.25, 0.3) is 0 Å². The highest BCUT2D eigenvalue weighted by molar-refractivity contribution is 7.89. The van der Waals surface area contributed by atoms with Crippen LogP contribution in [-0.4, -0.2) is 30.9 Å². The first kappa shape index (κ1) is 16.1. The highest BCUT2D eigenvalue weighted by Gasteiger charge is 2.25. The van der Waals surface area contributed by atoms with Crippen LogP contribution in [0.3, 0.4) is 0 Å². The first-order valence-corrected chi connectivity index (χ1v) is 7.57. The monoisotopic (exact) mass is 289 g/mol. The summed E-state index contributed by atoms with van der Waals surface area (Å²) in [6.07, 6.45) is 0.683. The predicted octanol–water partition coefficient (Wildman–Crippen LogP) is 2.05. The topological polar surface area (TPSA) is 57.6 Å². The zero-order chi connectivity index (χ0) is 14.8. The SMILES string of the molecule is CCC(C)N(C)S(=O)(=O)c1cc(C)c(F)c(CO)c1. The lowest BCUT2D eigenvalue weighted by Gasteiger charge is -2.23. The van der Waals surface area contributed by atoms with E-state index in [0.29, 0.717) is 6.42 Å². The Labute approximate surface area is 113 Å². The fourth-order valence-corrected chi connectivity index (χ4v) is 3.30. The first-order valence-electron chi connectivity index (χ1n) is 6.13. The van der Waals surface area contributed by atoms with E-state index in [4.69, 9.17) is 5.11 Å². The molecule has 0 saturated carbocycles. The van der Waals surface area contributed by atoms with Gasteiger partial charge in [-0.1, -0.05) is 6.92 Å². The van der Waals surface area contributed by atoms with Crippen LogP contribution in [-0.2, 0) is 16.6 Å². The molecule has 6 heteroatoms. The molecular weight excluding hydrogens is 269 g/mol. The predicted molar refractivity (Wildman–Crippen MR) is 71.8 cm³/mol. The van der Waals surface area contributed by atoms with Gasteiger partial charge < -0.3 is 5.11 Å². The number of aliphatic hydroxyl groups excluding tert-OH is 1. The standard InChI is InChI=1S/C13H20FNO3S/c1-5-10(3)15(4)19(17,18)12-6-9(2)13(14)11(7-12)8-16/h6-7,10,16H,5,8H2,1-4H3. The average molecular weight is 289 g/mol. The summed E-state index contributed by atoms with van der Waals surface area (Å²) in [5, 5.41) is 9.08. The van der Waals surface area contributed by atoms with E-state index in [-0.39, 0.29) is 22.1 Å². The highest BCUT2D eigenvalue weighted by atomic mass is 32.2. The van der Waals surface area contributed by atoms with Crippen molar-refractivity contribution in [2.45, 2.75) is 44.7 Å². The number of rotatable bonds is 5. The molecule has 1 aromatic rings. The molecule has 0 heterocycles. The minimum absolute atomic E-state index is 0.00359. The molecule has 0 fully saturated rings. The number of sulfonamides is 1. The Morgan fingerprint density at radius 3 is 2.47 bits per heavy atom. The molecule has 1 atom stereocenters. The van der Waals surface area contributed by atoms with Crippen molar-refractivity contribution < 1.29 is 17.9 Å². The van der Waals surface area contributed by atoms with Crippen molar-refractivity contribution in [3.8, 4) is 0 Å². The molecule has 4 nitrogen and oxygen atoms in total. The van der Waals surface area contributed by atoms with Crippen molar-refractivity contribution in [2.24, 2.45) is 0 Å². The summed E-state index contributed by atoms with van der Waals surface area (Å²) < 4.78 is 39.7. The zero-order valence-electron chi connectivity index (χ0n) is 11.6. The van der Waals surface area contributed by atoms with Crippen LogP contribution in [0, 0.1) is 12.7 Å². The van der Waals surface area contributed by atoms with Gasteiger partial charge in [0.1, 0.15) is 5.82 Å². The molecule has 1 unspecified atom stereocenters. The van der Waals surface area contributed by atoms with Crippen LogP contribution < -0.4 is 0 Å². The van der Waals surface area contributed by atoms with Crippen LogP contribution in [0.5, 0.6) is 0 Å². The van der Waals surface area contributed by atoms with Gasteiger partial charge in [0.05, 0.1) is 11.5 Å². The molecule has 1 aromatic carbocycles. The summed E-state index contributed by atoms with van der Waals surface area (Å²) in [5.41, 5.74) is 0.207. The van der Waals surface area contributed by atoms with Crippen LogP contribution in [0.2, 0.25) is 0 Å². The van der Waals surface area contributed by atoms with Gasteiger partial charge >= 0.3 is 0 Å². The Morgan fingerprint density at radius 2 is 2.00 bits per heavy atom. The number of aliphatic hydroxyl groups is 1. The number of halogens is 1. The van der Waals surface area contributed by atoms with Gasteiger partial charge in [0, 0.05) is 18.7 Å². The molecule has 108 valence electrons. The Balaban J connectivity index is 3.34. The van der Waals surface area contributed by atoms with Gasteiger partial charge in [-0.05, 0) is 38.0 Å². The molecular formula is C13H20FNO3S. The zero-order valence-corrected chi connectivity index (χ0v) is 12.5. The first-order chi connectivity index (χ1) is 8.75. The summed E-state index contributed by atoms with van der Waals surface area (Å²) >= 11 is 0. The molecule has 0 aliphatic rings. The maximum absolute atomic E-state index is 13.6. The number of hydrogen-bond acceptors (Lipinski definition) is 3. The summed E-state index contributed by atoms with van der Waals surface area (Å²) in [6.45, 7) is 4.66. The maximum atomic E-state index is 13.6. The quantitative estimate of drug-likeness (QED) is 0.902. The van der Waals surface area contributed by atoms with E-state index < -0.39 is 22.4 Å². The van der Waals surface area contributed by atoms with Gasteiger partial charge in [0.2, 0.25) is 10.0 Å². The smallest absolute Gasteiger partial charge is 0.243 e. The fourth-order valence-electron chi connectivity index (χ4n) is 1.73. The Morgan fingerprint density at radius 1 is 1.42 bits per heavy atom. The van der Waals surface area contributed by atoms with Gasteiger partial charge in [-0.25, -0.2) is 12.8 Å². The van der Waals surface area contributed by atoms with Crippen molar-refractivity contribution in [2.75, 3.05) is 7.05 Å². The van der Waals surface area contributed by atoms with Gasteiger partial charge in [-0.3, -0.25) is 0 Å². The Kier molecular flexibility index (Phi) is 5.06. The minimum atomic E-state index is -3.67. The van der Waals surface area contributed by atoms with E-state index in [9.17, 15) is 12.8 Å².